The molecule has 0 saturated heterocycles. The van der Waals surface area contributed by atoms with Crippen molar-refractivity contribution in [2.45, 2.75) is 24.3 Å². The topological polar surface area (TPSA) is 21.3 Å². The second-order valence-electron chi connectivity index (χ2n) is 4.21. The van der Waals surface area contributed by atoms with Crippen molar-refractivity contribution in [1.29, 1.82) is 0 Å². The molecular weight excluding hydrogens is 230 g/mol. The van der Waals surface area contributed by atoms with Crippen LogP contribution in [0.2, 0.25) is 0 Å². The highest BCUT2D eigenvalue weighted by Gasteiger charge is 2.17. The third-order valence-corrected chi connectivity index (χ3v) is 3.92. The van der Waals surface area contributed by atoms with Crippen LogP contribution in [0.25, 0.3) is 0 Å². The van der Waals surface area contributed by atoms with Gasteiger partial charge in [0.25, 0.3) is 0 Å². The molecule has 1 aromatic carbocycles. The zero-order valence-electron chi connectivity index (χ0n) is 10.4. The summed E-state index contributed by atoms with van der Waals surface area (Å²) >= 11 is 1.87. The molecule has 1 aliphatic heterocycles. The molecular formula is C14H19NOS. The summed E-state index contributed by atoms with van der Waals surface area (Å²) in [6.07, 6.45) is 3.24. The van der Waals surface area contributed by atoms with Gasteiger partial charge < -0.3 is 10.1 Å². The van der Waals surface area contributed by atoms with E-state index in [1.165, 1.54) is 10.5 Å². The van der Waals surface area contributed by atoms with E-state index in [1.54, 1.807) is 0 Å². The van der Waals surface area contributed by atoms with E-state index in [9.17, 15) is 0 Å². The minimum atomic E-state index is 0.322. The lowest BCUT2D eigenvalue weighted by Gasteiger charge is -2.17. The Bertz CT molecular complexity index is 403. The fourth-order valence-electron chi connectivity index (χ4n) is 1.87. The van der Waals surface area contributed by atoms with Crippen LogP contribution >= 0.6 is 11.8 Å². The van der Waals surface area contributed by atoms with Crippen LogP contribution in [0.4, 0.5) is 0 Å². The van der Waals surface area contributed by atoms with E-state index in [0.717, 1.165) is 24.5 Å². The van der Waals surface area contributed by atoms with Crippen molar-refractivity contribution < 1.29 is 4.74 Å². The van der Waals surface area contributed by atoms with E-state index in [0.29, 0.717) is 6.04 Å². The Balaban J connectivity index is 1.91. The Morgan fingerprint density at radius 1 is 1.47 bits per heavy atom. The van der Waals surface area contributed by atoms with Crippen LogP contribution in [0, 0.1) is 6.92 Å². The molecule has 1 unspecified atom stereocenters. The first-order valence-electron chi connectivity index (χ1n) is 5.99. The van der Waals surface area contributed by atoms with E-state index < -0.39 is 0 Å². The Labute approximate surface area is 107 Å². The lowest BCUT2D eigenvalue weighted by Crippen LogP contribution is -2.30. The summed E-state index contributed by atoms with van der Waals surface area (Å²) in [5.74, 6) is 2.11. The number of aryl methyl sites for hydroxylation is 1. The maximum Gasteiger partial charge on any atom is 0.110 e. The second kappa shape index (κ2) is 6.12. The molecule has 0 aliphatic carbocycles. The van der Waals surface area contributed by atoms with Gasteiger partial charge in [-0.25, -0.2) is 0 Å². The minimum Gasteiger partial charge on any atom is -0.496 e. The van der Waals surface area contributed by atoms with Crippen molar-refractivity contribution in [3.63, 3.8) is 0 Å². The van der Waals surface area contributed by atoms with Gasteiger partial charge >= 0.3 is 0 Å². The van der Waals surface area contributed by atoms with Crippen LogP contribution in [0.15, 0.2) is 41.0 Å². The summed E-state index contributed by atoms with van der Waals surface area (Å²) in [5, 5.41) is 3.31. The molecule has 1 aliphatic rings. The number of benzene rings is 1. The van der Waals surface area contributed by atoms with Gasteiger partial charge in [0, 0.05) is 17.1 Å². The third kappa shape index (κ3) is 3.51. The highest BCUT2D eigenvalue weighted by atomic mass is 32.2. The maximum atomic E-state index is 5.60. The van der Waals surface area contributed by atoms with Crippen LogP contribution < -0.4 is 5.32 Å². The van der Waals surface area contributed by atoms with Crippen molar-refractivity contribution in [1.82, 2.24) is 5.32 Å². The Kier molecular flexibility index (Phi) is 4.51. The molecule has 0 bridgehead atoms. The summed E-state index contributed by atoms with van der Waals surface area (Å²) in [6, 6.07) is 8.94. The predicted molar refractivity (Wildman–Crippen MR) is 73.4 cm³/mol. The van der Waals surface area contributed by atoms with Crippen molar-refractivity contribution in [3.8, 4) is 0 Å². The molecule has 0 fully saturated rings. The minimum absolute atomic E-state index is 0.322. The Morgan fingerprint density at radius 2 is 2.35 bits per heavy atom. The fourth-order valence-corrected chi connectivity index (χ4v) is 3.01. The summed E-state index contributed by atoms with van der Waals surface area (Å²) in [7, 11) is 1.99. The summed E-state index contributed by atoms with van der Waals surface area (Å²) in [6.45, 7) is 2.96. The number of thioether (sulfide) groups is 1. The van der Waals surface area contributed by atoms with Crippen molar-refractivity contribution >= 4 is 11.8 Å². The smallest absolute Gasteiger partial charge is 0.110 e. The molecule has 0 aromatic heterocycles. The zero-order valence-corrected chi connectivity index (χ0v) is 11.2. The van der Waals surface area contributed by atoms with Crippen molar-refractivity contribution in [2.24, 2.45) is 0 Å². The van der Waals surface area contributed by atoms with Gasteiger partial charge in [-0.15, -0.1) is 11.8 Å². The molecule has 2 rings (SSSR count). The van der Waals surface area contributed by atoms with E-state index in [-0.39, 0.29) is 0 Å². The number of ether oxygens (including phenoxy) is 1. The number of hydrogen-bond acceptors (Lipinski definition) is 3. The third-order valence-electron chi connectivity index (χ3n) is 2.83. The summed E-state index contributed by atoms with van der Waals surface area (Å²) < 4.78 is 5.60. The molecule has 17 heavy (non-hydrogen) atoms. The molecule has 1 heterocycles. The predicted octanol–water partition coefficient (Wildman–Crippen LogP) is 2.98. The van der Waals surface area contributed by atoms with Crippen molar-refractivity contribution in [3.05, 3.63) is 41.7 Å². The highest BCUT2D eigenvalue weighted by Crippen LogP contribution is 2.23. The average molecular weight is 249 g/mol. The maximum absolute atomic E-state index is 5.60. The molecule has 0 amide bonds. The first-order valence-corrected chi connectivity index (χ1v) is 6.98. The van der Waals surface area contributed by atoms with Gasteiger partial charge in [0.2, 0.25) is 0 Å². The summed E-state index contributed by atoms with van der Waals surface area (Å²) in [4.78, 5) is 1.32. The number of nitrogens with one attached hydrogen (secondary N) is 1. The molecule has 3 heteroatoms. The molecule has 0 radical (unpaired) electrons. The largest absolute Gasteiger partial charge is 0.496 e. The molecule has 1 N–H and O–H groups in total. The zero-order chi connectivity index (χ0) is 12.1. The Hall–Kier alpha value is -0.930. The summed E-state index contributed by atoms with van der Waals surface area (Å²) in [5.41, 5.74) is 1.31. The van der Waals surface area contributed by atoms with Crippen LogP contribution in [0.5, 0.6) is 0 Å². The quantitative estimate of drug-likeness (QED) is 0.811. The van der Waals surface area contributed by atoms with Gasteiger partial charge in [-0.2, -0.15) is 0 Å². The molecule has 0 saturated carbocycles. The normalized spacial score (nSPS) is 16.5. The lowest BCUT2D eigenvalue weighted by atomic mass is 10.2. The molecule has 1 atom stereocenters. The van der Waals surface area contributed by atoms with Gasteiger partial charge in [0.05, 0.1) is 12.6 Å². The standard InChI is InChI=1S/C14H19NOS/c1-11-5-3-6-12(9-11)17-10-13(15-2)14-7-4-8-16-14/h3,5-7,9,13,15H,4,8,10H2,1-2H3. The van der Waals surface area contributed by atoms with Crippen LogP contribution in [0.1, 0.15) is 12.0 Å². The molecule has 1 aromatic rings. The van der Waals surface area contributed by atoms with Crippen LogP contribution in [-0.4, -0.2) is 25.4 Å². The van der Waals surface area contributed by atoms with Crippen LogP contribution in [-0.2, 0) is 4.74 Å². The van der Waals surface area contributed by atoms with E-state index in [4.69, 9.17) is 4.74 Å². The van der Waals surface area contributed by atoms with Gasteiger partial charge in [-0.3, -0.25) is 0 Å². The monoisotopic (exact) mass is 249 g/mol. The first kappa shape index (κ1) is 12.5. The van der Waals surface area contributed by atoms with Gasteiger partial charge in [-0.05, 0) is 32.2 Å². The second-order valence-corrected chi connectivity index (χ2v) is 5.31. The molecule has 92 valence electrons. The van der Waals surface area contributed by atoms with Gasteiger partial charge in [0.15, 0.2) is 0 Å². The number of likely N-dealkylation sites (N-methyl/N-ethyl adjacent to an activating group) is 1. The van der Waals surface area contributed by atoms with Crippen LogP contribution in [0.3, 0.4) is 0 Å². The highest BCUT2D eigenvalue weighted by molar-refractivity contribution is 7.99. The van der Waals surface area contributed by atoms with Gasteiger partial charge in [0.1, 0.15) is 5.76 Å². The SMILES string of the molecule is CNC(CSc1cccc(C)c1)C1=CCCO1. The lowest BCUT2D eigenvalue weighted by molar-refractivity contribution is 0.222. The van der Waals surface area contributed by atoms with Gasteiger partial charge in [-0.1, -0.05) is 17.7 Å². The van der Waals surface area contributed by atoms with Crippen molar-refractivity contribution in [2.75, 3.05) is 19.4 Å². The Morgan fingerprint density at radius 3 is 3.00 bits per heavy atom. The molecule has 0 spiro atoms. The number of hydrogen-bond donors (Lipinski definition) is 1. The number of rotatable bonds is 5. The van der Waals surface area contributed by atoms with E-state index in [2.05, 4.69) is 42.6 Å². The fraction of sp³-hybridized carbons (Fsp3) is 0.429. The average Bonchev–Trinajstić information content (AvgIpc) is 2.84. The molecule has 2 nitrogen and oxygen atoms in total. The first-order chi connectivity index (χ1) is 8.29. The van der Waals surface area contributed by atoms with E-state index >= 15 is 0 Å². The van der Waals surface area contributed by atoms with E-state index in [1.807, 2.05) is 18.8 Å².